The second kappa shape index (κ2) is 19.7. The van der Waals surface area contributed by atoms with E-state index in [0.717, 1.165) is 110 Å². The van der Waals surface area contributed by atoms with Crippen molar-refractivity contribution in [3.05, 3.63) is 236 Å². The van der Waals surface area contributed by atoms with Gasteiger partial charge in [-0.25, -0.2) is 4.98 Å². The van der Waals surface area contributed by atoms with Crippen LogP contribution < -0.4 is 9.64 Å². The molecule has 3 aromatic heterocycles. The summed E-state index contributed by atoms with van der Waals surface area (Å²) in [7, 11) is 0. The quantitative estimate of drug-likeness (QED) is 0.149. The normalized spacial score (nSPS) is 13.2. The van der Waals surface area contributed by atoms with E-state index in [2.05, 4.69) is 250 Å². The summed E-state index contributed by atoms with van der Waals surface area (Å²) in [6.45, 7) is 21.5. The summed E-state index contributed by atoms with van der Waals surface area (Å²) in [5, 5.41) is 8.84. The fourth-order valence-electron chi connectivity index (χ4n) is 11.5. The van der Waals surface area contributed by atoms with E-state index < -0.39 is 11.8 Å². The third-order valence-electron chi connectivity index (χ3n) is 15.2. The van der Waals surface area contributed by atoms with Crippen LogP contribution in [0, 0.1) is 24.2 Å². The number of ether oxygens (including phenoxy) is 1. The molecule has 0 saturated heterocycles. The third-order valence-corrected chi connectivity index (χ3v) is 15.2. The zero-order valence-electron chi connectivity index (χ0n) is 48.1. The largest absolute Gasteiger partial charge is 0.509 e. The molecular weight excluding hydrogens is 1140 g/mol. The summed E-state index contributed by atoms with van der Waals surface area (Å²) >= 11 is 0. The van der Waals surface area contributed by atoms with Gasteiger partial charge in [-0.1, -0.05) is 213 Å². The van der Waals surface area contributed by atoms with E-state index in [1.807, 2.05) is 45.2 Å². The van der Waals surface area contributed by atoms with Gasteiger partial charge in [0.1, 0.15) is 5.82 Å². The first-order valence-corrected chi connectivity index (χ1v) is 27.1. The Kier molecular flexibility index (Phi) is 12.2. The maximum atomic E-state index is 9.61. The minimum Gasteiger partial charge on any atom is -0.509 e. The molecule has 0 saturated carbocycles. The molecule has 0 radical (unpaired) electrons. The molecule has 0 spiro atoms. The standard InChI is InChI=1S/C73H63N4O.Pt/c1-71(2,3)45-47-38-50(40-52(39-47)73(7,8)9)56-28-18-29-62-59-26-15-13-24-57(59)58-25-14-16-27-60(58)63-30-19-31-66-70(63)76(69(56)62)46-75(66)53-22-17-23-54(43-53)78-55-33-34-61-64-41-49(48-20-11-10-12-21-48)32-35-65(64)77(67(61)44-55)68-42-51(36-37-74-68)72(4,5)6;/h10-42,46H,45H2,1-9H3;/q-3;/i45D2;. The van der Waals surface area contributed by atoms with Crippen molar-refractivity contribution in [2.45, 2.75) is 79.5 Å². The van der Waals surface area contributed by atoms with E-state index in [-0.39, 0.29) is 31.9 Å². The van der Waals surface area contributed by atoms with E-state index in [1.165, 1.54) is 5.56 Å². The Morgan fingerprint density at radius 3 is 1.84 bits per heavy atom. The van der Waals surface area contributed by atoms with Crippen LogP contribution in [0.2, 0.25) is 0 Å². The molecule has 0 atom stereocenters. The van der Waals surface area contributed by atoms with Gasteiger partial charge in [-0.05, 0) is 141 Å². The van der Waals surface area contributed by atoms with Crippen LogP contribution in [0.1, 0.15) is 81.7 Å². The molecule has 1 aliphatic heterocycles. The van der Waals surface area contributed by atoms with Crippen LogP contribution in [-0.2, 0) is 38.3 Å². The molecule has 394 valence electrons. The fraction of sp³-hybridized carbons (Fsp3) is 0.178. The number of nitrogens with zero attached hydrogens (tertiary/aromatic N) is 4. The molecule has 0 bridgehead atoms. The van der Waals surface area contributed by atoms with Crippen molar-refractivity contribution in [1.82, 2.24) is 14.1 Å². The first-order valence-electron chi connectivity index (χ1n) is 28.1. The van der Waals surface area contributed by atoms with Crippen molar-refractivity contribution < 1.29 is 28.5 Å². The van der Waals surface area contributed by atoms with Gasteiger partial charge in [-0.2, -0.15) is 12.1 Å². The van der Waals surface area contributed by atoms with E-state index in [0.29, 0.717) is 17.1 Å². The second-order valence-electron chi connectivity index (χ2n) is 23.9. The molecule has 13 rings (SSSR count). The van der Waals surface area contributed by atoms with Crippen molar-refractivity contribution in [3.8, 4) is 39.6 Å². The smallest absolute Gasteiger partial charge is 0.135 e. The van der Waals surface area contributed by atoms with Gasteiger partial charge in [-0.3, -0.25) is 0 Å². The molecule has 9 aromatic carbocycles. The van der Waals surface area contributed by atoms with Gasteiger partial charge in [-0.15, -0.1) is 35.7 Å². The van der Waals surface area contributed by atoms with Crippen LogP contribution >= 0.6 is 0 Å². The topological polar surface area (TPSA) is 35.2 Å². The number of para-hydroxylation sites is 2. The zero-order valence-corrected chi connectivity index (χ0v) is 48.4. The number of anilines is 2. The van der Waals surface area contributed by atoms with Crippen molar-refractivity contribution in [1.29, 1.82) is 0 Å². The van der Waals surface area contributed by atoms with Crippen LogP contribution in [0.25, 0.3) is 93.2 Å². The van der Waals surface area contributed by atoms with E-state index >= 15 is 0 Å². The maximum Gasteiger partial charge on any atom is 0.135 e. The number of pyridine rings is 1. The molecular formula is C73H63N4OPt-3. The Bertz CT molecular complexity index is 4530. The first kappa shape index (κ1) is 49.2. The van der Waals surface area contributed by atoms with Gasteiger partial charge in [0, 0.05) is 52.7 Å². The summed E-state index contributed by atoms with van der Waals surface area (Å²) in [4.78, 5) is 7.19. The Balaban J connectivity index is 0.00000651. The molecule has 79 heavy (non-hydrogen) atoms. The van der Waals surface area contributed by atoms with Crippen molar-refractivity contribution >= 4 is 76.5 Å². The molecule has 6 heteroatoms. The van der Waals surface area contributed by atoms with E-state index in [1.54, 1.807) is 0 Å². The minimum atomic E-state index is -1.62. The molecule has 12 aromatic rings. The van der Waals surface area contributed by atoms with Crippen LogP contribution in [-0.4, -0.2) is 14.1 Å². The molecule has 1 aliphatic rings. The van der Waals surface area contributed by atoms with E-state index in [9.17, 15) is 2.74 Å². The van der Waals surface area contributed by atoms with Gasteiger partial charge < -0.3 is 18.8 Å². The molecule has 0 amide bonds. The molecule has 4 heterocycles. The summed E-state index contributed by atoms with van der Waals surface area (Å²) in [5.74, 6) is 1.93. The van der Waals surface area contributed by atoms with Gasteiger partial charge in [0.15, 0.2) is 0 Å². The molecule has 5 nitrogen and oxygen atoms in total. The summed E-state index contributed by atoms with van der Waals surface area (Å²) < 4.78 is 30.7. The van der Waals surface area contributed by atoms with E-state index in [4.69, 9.17) is 9.72 Å². The molecule has 0 aliphatic carbocycles. The fourth-order valence-corrected chi connectivity index (χ4v) is 11.5. The number of hydrogen-bond donors (Lipinski definition) is 0. The summed E-state index contributed by atoms with van der Waals surface area (Å²) in [6, 6.07) is 76.2. The molecule has 0 N–H and O–H groups in total. The number of fused-ring (bicyclic) bond motifs is 10. The number of rotatable bonds is 7. The maximum absolute atomic E-state index is 9.61. The Morgan fingerprint density at radius 2 is 1.14 bits per heavy atom. The van der Waals surface area contributed by atoms with Gasteiger partial charge in [0.05, 0.1) is 0 Å². The minimum absolute atomic E-state index is 0. The number of aromatic nitrogens is 3. The Labute approximate surface area is 481 Å². The third kappa shape index (κ3) is 9.42. The van der Waals surface area contributed by atoms with Crippen molar-refractivity contribution in [2.24, 2.45) is 5.41 Å². The average molecular weight is 1210 g/mol. The second-order valence-corrected chi connectivity index (χ2v) is 23.9. The molecule has 0 unspecified atom stereocenters. The Hall–Kier alpha value is -8.11. The summed E-state index contributed by atoms with van der Waals surface area (Å²) in [6.07, 6.45) is 0.282. The SMILES string of the molecule is [2H]C([2H])(c1cc(-c2cccc3c4ccccc4c4ccccc4c4cccc5c4n(c23)[CH-]N5c2[c-]c(Oc3[c-]c4c(cc3)c3cc(-c5ccccc5)ccc3n4-c3cc(C(C)(C)C)ccn3)ccc2)cc(C(C)(C)C)c1)C(C)(C)C.[Pt]. The van der Waals surface area contributed by atoms with Crippen LogP contribution in [0.5, 0.6) is 11.5 Å². The van der Waals surface area contributed by atoms with Crippen LogP contribution in [0.3, 0.4) is 0 Å². The number of hydrogen-bond acceptors (Lipinski definition) is 3. The van der Waals surface area contributed by atoms with Gasteiger partial charge in [0.25, 0.3) is 0 Å². The average Bonchev–Trinajstić information content (AvgIpc) is 4.22. The molecule has 0 fully saturated rings. The van der Waals surface area contributed by atoms with Gasteiger partial charge in [0.2, 0.25) is 0 Å². The summed E-state index contributed by atoms with van der Waals surface area (Å²) in [5.41, 5.74) is 11.9. The number of benzene rings is 9. The zero-order chi connectivity index (χ0) is 55.5. The van der Waals surface area contributed by atoms with Crippen LogP contribution in [0.15, 0.2) is 200 Å². The van der Waals surface area contributed by atoms with Crippen LogP contribution in [0.4, 0.5) is 11.4 Å². The van der Waals surface area contributed by atoms with Crippen molar-refractivity contribution in [3.63, 3.8) is 0 Å². The van der Waals surface area contributed by atoms with Gasteiger partial charge >= 0.3 is 0 Å². The monoisotopic (exact) mass is 1210 g/mol. The van der Waals surface area contributed by atoms with Crippen molar-refractivity contribution in [2.75, 3.05) is 4.90 Å². The Morgan fingerprint density at radius 1 is 0.506 bits per heavy atom. The predicted molar refractivity (Wildman–Crippen MR) is 328 cm³/mol. The predicted octanol–water partition coefficient (Wildman–Crippen LogP) is 19.7. The first-order chi connectivity index (χ1) is 38.3.